The minimum absolute atomic E-state index is 0.509. The zero-order valence-electron chi connectivity index (χ0n) is 12.1. The third kappa shape index (κ3) is 2.74. The maximum absolute atomic E-state index is 11.7. The van der Waals surface area contributed by atoms with Crippen LogP contribution in [0, 0.1) is 0 Å². The molecule has 110 valence electrons. The van der Waals surface area contributed by atoms with Gasteiger partial charge in [0.25, 0.3) is 0 Å². The minimum Gasteiger partial charge on any atom is -0.480 e. The Morgan fingerprint density at radius 1 is 1.33 bits per heavy atom. The van der Waals surface area contributed by atoms with Crippen molar-refractivity contribution in [2.75, 3.05) is 6.54 Å². The first kappa shape index (κ1) is 14.3. The first-order valence-electron chi connectivity index (χ1n) is 7.30. The number of carboxylic acids is 1. The van der Waals surface area contributed by atoms with Crippen molar-refractivity contribution in [2.45, 2.75) is 32.4 Å². The van der Waals surface area contributed by atoms with E-state index < -0.39 is 12.0 Å². The van der Waals surface area contributed by atoms with E-state index in [1.54, 1.807) is 11.3 Å². The number of fused-ring (bicyclic) bond motifs is 1. The third-order valence-electron chi connectivity index (χ3n) is 4.17. The number of thiophene rings is 1. The van der Waals surface area contributed by atoms with E-state index in [1.807, 2.05) is 23.6 Å². The number of rotatable bonds is 4. The molecule has 2 aromatic rings. The molecule has 0 spiro atoms. The maximum atomic E-state index is 11.7. The highest BCUT2D eigenvalue weighted by Gasteiger charge is 2.33. The number of carboxylic acid groups (broad SMARTS) is 1. The van der Waals surface area contributed by atoms with E-state index in [4.69, 9.17) is 0 Å². The van der Waals surface area contributed by atoms with Crippen molar-refractivity contribution in [3.63, 3.8) is 0 Å². The summed E-state index contributed by atoms with van der Waals surface area (Å²) in [5.41, 5.74) is 3.52. The lowest BCUT2D eigenvalue weighted by atomic mass is 9.97. The highest BCUT2D eigenvalue weighted by atomic mass is 32.1. The Morgan fingerprint density at radius 2 is 2.10 bits per heavy atom. The molecule has 1 N–H and O–H groups in total. The molecule has 2 heterocycles. The zero-order chi connectivity index (χ0) is 14.8. The topological polar surface area (TPSA) is 40.5 Å². The summed E-state index contributed by atoms with van der Waals surface area (Å²) in [7, 11) is 0. The van der Waals surface area contributed by atoms with Gasteiger partial charge in [0.2, 0.25) is 0 Å². The molecule has 1 aromatic heterocycles. The van der Waals surface area contributed by atoms with Crippen LogP contribution in [0.5, 0.6) is 0 Å². The molecular weight excluding hydrogens is 282 g/mol. The summed E-state index contributed by atoms with van der Waals surface area (Å²) in [6.07, 6.45) is 1.93. The van der Waals surface area contributed by atoms with Gasteiger partial charge in [0, 0.05) is 18.0 Å². The van der Waals surface area contributed by atoms with Crippen LogP contribution in [-0.2, 0) is 24.2 Å². The minimum atomic E-state index is -0.747. The molecule has 1 unspecified atom stereocenters. The number of aryl methyl sites for hydroxylation is 1. The summed E-state index contributed by atoms with van der Waals surface area (Å²) in [6.45, 7) is 3.65. The van der Waals surface area contributed by atoms with E-state index in [2.05, 4.69) is 24.0 Å². The predicted octanol–water partition coefficient (Wildman–Crippen LogP) is 3.49. The monoisotopic (exact) mass is 301 g/mol. The molecule has 4 heteroatoms. The maximum Gasteiger partial charge on any atom is 0.325 e. The van der Waals surface area contributed by atoms with Gasteiger partial charge in [-0.25, -0.2) is 0 Å². The molecule has 0 saturated carbocycles. The van der Waals surface area contributed by atoms with E-state index in [-0.39, 0.29) is 0 Å². The summed E-state index contributed by atoms with van der Waals surface area (Å²) in [4.78, 5) is 15.0. The molecule has 3 rings (SSSR count). The van der Waals surface area contributed by atoms with E-state index in [0.29, 0.717) is 6.54 Å². The Hall–Kier alpha value is -1.65. The van der Waals surface area contributed by atoms with Gasteiger partial charge in [-0.1, -0.05) is 31.2 Å². The lowest BCUT2D eigenvalue weighted by Gasteiger charge is -2.33. The second kappa shape index (κ2) is 6.00. The normalized spacial score (nSPS) is 18.4. The second-order valence-electron chi connectivity index (χ2n) is 5.38. The van der Waals surface area contributed by atoms with Crippen molar-refractivity contribution in [1.82, 2.24) is 4.90 Å². The van der Waals surface area contributed by atoms with Gasteiger partial charge in [-0.3, -0.25) is 9.69 Å². The molecule has 0 fully saturated rings. The van der Waals surface area contributed by atoms with Crippen molar-refractivity contribution in [3.05, 3.63) is 57.3 Å². The summed E-state index contributed by atoms with van der Waals surface area (Å²) >= 11 is 1.67. The number of hydrogen-bond acceptors (Lipinski definition) is 3. The van der Waals surface area contributed by atoms with Gasteiger partial charge in [0.05, 0.1) is 0 Å². The van der Waals surface area contributed by atoms with E-state index in [9.17, 15) is 9.90 Å². The first-order chi connectivity index (χ1) is 10.2. The fourth-order valence-electron chi connectivity index (χ4n) is 3.10. The number of aliphatic carboxylic acids is 1. The van der Waals surface area contributed by atoms with Crippen LogP contribution in [0.3, 0.4) is 0 Å². The van der Waals surface area contributed by atoms with Crippen molar-refractivity contribution < 1.29 is 9.90 Å². The molecule has 1 aromatic carbocycles. The van der Waals surface area contributed by atoms with Crippen molar-refractivity contribution >= 4 is 17.3 Å². The van der Waals surface area contributed by atoms with Crippen LogP contribution in [0.25, 0.3) is 0 Å². The molecule has 0 bridgehead atoms. The quantitative estimate of drug-likeness (QED) is 0.939. The number of carbonyl (C=O) groups is 1. The van der Waals surface area contributed by atoms with Crippen molar-refractivity contribution in [2.24, 2.45) is 0 Å². The van der Waals surface area contributed by atoms with Crippen LogP contribution in [0.4, 0.5) is 0 Å². The van der Waals surface area contributed by atoms with E-state index in [0.717, 1.165) is 24.9 Å². The lowest BCUT2D eigenvalue weighted by molar-refractivity contribution is -0.144. The van der Waals surface area contributed by atoms with Gasteiger partial charge in [-0.15, -0.1) is 11.3 Å². The summed E-state index contributed by atoms with van der Waals surface area (Å²) in [5, 5.41) is 11.6. The second-order valence-corrected chi connectivity index (χ2v) is 6.38. The largest absolute Gasteiger partial charge is 0.480 e. The Morgan fingerprint density at radius 3 is 2.81 bits per heavy atom. The van der Waals surface area contributed by atoms with Crippen molar-refractivity contribution in [3.8, 4) is 0 Å². The highest BCUT2D eigenvalue weighted by molar-refractivity contribution is 7.10. The van der Waals surface area contributed by atoms with E-state index >= 15 is 0 Å². The zero-order valence-corrected chi connectivity index (χ0v) is 12.9. The van der Waals surface area contributed by atoms with Gasteiger partial charge in [0.15, 0.2) is 0 Å². The first-order valence-corrected chi connectivity index (χ1v) is 8.18. The van der Waals surface area contributed by atoms with Gasteiger partial charge < -0.3 is 5.11 Å². The standard InChI is InChI=1S/C17H19NO2S/c1-2-12-5-3-4-6-13(12)11-18-9-7-15-14(8-10-21-15)16(18)17(19)20/h3-6,8,10,16H,2,7,9,11H2,1H3,(H,19,20). The number of hydrogen-bond donors (Lipinski definition) is 1. The van der Waals surface area contributed by atoms with Crippen LogP contribution in [0.15, 0.2) is 35.7 Å². The van der Waals surface area contributed by atoms with Crippen LogP contribution in [0.1, 0.15) is 34.5 Å². The Labute approximate surface area is 128 Å². The lowest BCUT2D eigenvalue weighted by Crippen LogP contribution is -2.38. The van der Waals surface area contributed by atoms with Gasteiger partial charge in [-0.05, 0) is 41.0 Å². The summed E-state index contributed by atoms with van der Waals surface area (Å²) in [5.74, 6) is -0.747. The molecule has 0 amide bonds. The van der Waals surface area contributed by atoms with Crippen LogP contribution in [0.2, 0.25) is 0 Å². The summed E-state index contributed by atoms with van der Waals surface area (Å²) < 4.78 is 0. The molecular formula is C17H19NO2S. The summed E-state index contributed by atoms with van der Waals surface area (Å²) in [6, 6.07) is 9.78. The molecule has 1 atom stereocenters. The van der Waals surface area contributed by atoms with Gasteiger partial charge in [-0.2, -0.15) is 0 Å². The smallest absolute Gasteiger partial charge is 0.325 e. The molecule has 1 aliphatic heterocycles. The molecule has 21 heavy (non-hydrogen) atoms. The molecule has 1 aliphatic rings. The Balaban J connectivity index is 1.90. The highest BCUT2D eigenvalue weighted by Crippen LogP contribution is 2.34. The molecule has 0 saturated heterocycles. The molecule has 0 radical (unpaired) electrons. The average Bonchev–Trinajstić information content (AvgIpc) is 2.95. The Kier molecular flexibility index (Phi) is 4.08. The predicted molar refractivity (Wildman–Crippen MR) is 84.6 cm³/mol. The molecule has 3 nitrogen and oxygen atoms in total. The SMILES string of the molecule is CCc1ccccc1CN1CCc2sccc2C1C(=O)O. The van der Waals surface area contributed by atoms with Crippen LogP contribution in [-0.4, -0.2) is 22.5 Å². The molecule has 0 aliphatic carbocycles. The van der Waals surface area contributed by atoms with Crippen LogP contribution < -0.4 is 0 Å². The van der Waals surface area contributed by atoms with Crippen molar-refractivity contribution in [1.29, 1.82) is 0 Å². The average molecular weight is 301 g/mol. The third-order valence-corrected chi connectivity index (χ3v) is 5.17. The fourth-order valence-corrected chi connectivity index (χ4v) is 4.01. The van der Waals surface area contributed by atoms with Gasteiger partial charge >= 0.3 is 5.97 Å². The fraction of sp³-hybridized carbons (Fsp3) is 0.353. The number of benzene rings is 1. The van der Waals surface area contributed by atoms with Gasteiger partial charge in [0.1, 0.15) is 6.04 Å². The van der Waals surface area contributed by atoms with Crippen LogP contribution >= 0.6 is 11.3 Å². The Bertz CT molecular complexity index is 650. The van der Waals surface area contributed by atoms with E-state index in [1.165, 1.54) is 16.0 Å². The number of nitrogens with zero attached hydrogens (tertiary/aromatic N) is 1.